The van der Waals surface area contributed by atoms with Gasteiger partial charge < -0.3 is 0 Å². The number of aromatic nitrogens is 1. The second-order valence-corrected chi connectivity index (χ2v) is 5.99. The summed E-state index contributed by atoms with van der Waals surface area (Å²) >= 11 is 1.50. The van der Waals surface area contributed by atoms with E-state index in [2.05, 4.69) is 23.2 Å². The quantitative estimate of drug-likeness (QED) is 0.767. The molecule has 1 unspecified atom stereocenters. The zero-order valence-electron chi connectivity index (χ0n) is 10.3. The van der Waals surface area contributed by atoms with E-state index < -0.39 is 0 Å². The molecule has 3 rings (SSSR count). The average Bonchev–Trinajstić information content (AvgIpc) is 2.84. The SMILES string of the molecule is Cc1ncc(C(=O)C2CCCc3ccccc32)s1. The van der Waals surface area contributed by atoms with Gasteiger partial charge >= 0.3 is 0 Å². The van der Waals surface area contributed by atoms with Gasteiger partial charge in [0.05, 0.1) is 9.88 Å². The number of carbonyl (C=O) groups excluding carboxylic acids is 1. The highest BCUT2D eigenvalue weighted by Crippen LogP contribution is 2.34. The van der Waals surface area contributed by atoms with Crippen LogP contribution in [-0.2, 0) is 6.42 Å². The molecule has 2 aromatic rings. The van der Waals surface area contributed by atoms with Crippen molar-refractivity contribution in [1.82, 2.24) is 4.98 Å². The Hall–Kier alpha value is -1.48. The minimum absolute atomic E-state index is 0.0369. The number of Topliss-reactive ketones (excluding diaryl/α,β-unsaturated/α-hetero) is 1. The van der Waals surface area contributed by atoms with Gasteiger partial charge in [-0.15, -0.1) is 11.3 Å². The molecule has 3 heteroatoms. The highest BCUT2D eigenvalue weighted by molar-refractivity contribution is 7.13. The molecule has 0 fully saturated rings. The Morgan fingerprint density at radius 2 is 2.22 bits per heavy atom. The molecule has 2 nitrogen and oxygen atoms in total. The largest absolute Gasteiger partial charge is 0.293 e. The Morgan fingerprint density at radius 3 is 3.00 bits per heavy atom. The van der Waals surface area contributed by atoms with Gasteiger partial charge in [-0.05, 0) is 37.3 Å². The lowest BCUT2D eigenvalue weighted by atomic mass is 9.80. The average molecular weight is 257 g/mol. The van der Waals surface area contributed by atoms with E-state index in [0.717, 1.165) is 29.1 Å². The maximum Gasteiger partial charge on any atom is 0.181 e. The third kappa shape index (κ3) is 1.99. The number of carbonyl (C=O) groups is 1. The molecule has 1 aliphatic rings. The van der Waals surface area contributed by atoms with E-state index >= 15 is 0 Å². The van der Waals surface area contributed by atoms with Crippen molar-refractivity contribution in [1.29, 1.82) is 0 Å². The summed E-state index contributed by atoms with van der Waals surface area (Å²) < 4.78 is 0. The number of hydrogen-bond acceptors (Lipinski definition) is 3. The molecule has 0 aliphatic heterocycles. The fourth-order valence-corrected chi connectivity index (χ4v) is 3.45. The minimum atomic E-state index is 0.0369. The Kier molecular flexibility index (Phi) is 3.00. The predicted molar refractivity (Wildman–Crippen MR) is 73.3 cm³/mol. The molecule has 1 atom stereocenters. The fraction of sp³-hybridized carbons (Fsp3) is 0.333. The van der Waals surface area contributed by atoms with Crippen molar-refractivity contribution in [3.8, 4) is 0 Å². The van der Waals surface area contributed by atoms with E-state index in [1.165, 1.54) is 22.5 Å². The van der Waals surface area contributed by atoms with Crippen molar-refractivity contribution in [3.63, 3.8) is 0 Å². The van der Waals surface area contributed by atoms with Crippen LogP contribution in [0.1, 0.15) is 44.6 Å². The Labute approximate surface area is 111 Å². The van der Waals surface area contributed by atoms with E-state index in [-0.39, 0.29) is 11.7 Å². The minimum Gasteiger partial charge on any atom is -0.293 e. The Morgan fingerprint density at radius 1 is 1.39 bits per heavy atom. The van der Waals surface area contributed by atoms with Gasteiger partial charge in [0.2, 0.25) is 0 Å². The van der Waals surface area contributed by atoms with Gasteiger partial charge in [0.1, 0.15) is 0 Å². The lowest BCUT2D eigenvalue weighted by Crippen LogP contribution is -2.17. The third-order valence-electron chi connectivity index (χ3n) is 3.55. The summed E-state index contributed by atoms with van der Waals surface area (Å²) in [7, 11) is 0. The first-order valence-electron chi connectivity index (χ1n) is 6.30. The molecule has 1 aromatic carbocycles. The fourth-order valence-electron chi connectivity index (χ4n) is 2.67. The lowest BCUT2D eigenvalue weighted by Gasteiger charge is -2.23. The zero-order chi connectivity index (χ0) is 12.5. The monoisotopic (exact) mass is 257 g/mol. The van der Waals surface area contributed by atoms with Crippen LogP contribution in [0.25, 0.3) is 0 Å². The van der Waals surface area contributed by atoms with Crippen molar-refractivity contribution in [3.05, 3.63) is 51.5 Å². The number of ketones is 1. The normalized spacial score (nSPS) is 18.4. The summed E-state index contributed by atoms with van der Waals surface area (Å²) in [4.78, 5) is 17.5. The van der Waals surface area contributed by atoms with Crippen LogP contribution in [0, 0.1) is 6.92 Å². The molecule has 0 spiro atoms. The standard InChI is InChI=1S/C15H15NOS/c1-10-16-9-14(18-10)15(17)13-8-4-6-11-5-2-3-7-12(11)13/h2-3,5,7,9,13H,4,6,8H2,1H3. The summed E-state index contributed by atoms with van der Waals surface area (Å²) in [6.07, 6.45) is 4.89. The molecular formula is C15H15NOS. The van der Waals surface area contributed by atoms with Gasteiger partial charge in [-0.25, -0.2) is 4.98 Å². The van der Waals surface area contributed by atoms with Crippen LogP contribution in [0.15, 0.2) is 30.5 Å². The van der Waals surface area contributed by atoms with Gasteiger partial charge in [0.15, 0.2) is 5.78 Å². The molecule has 1 aromatic heterocycles. The van der Waals surface area contributed by atoms with E-state index in [1.54, 1.807) is 6.20 Å². The van der Waals surface area contributed by atoms with Gasteiger partial charge in [0, 0.05) is 12.1 Å². The van der Waals surface area contributed by atoms with Crippen LogP contribution in [0.2, 0.25) is 0 Å². The molecule has 18 heavy (non-hydrogen) atoms. The van der Waals surface area contributed by atoms with E-state index in [4.69, 9.17) is 0 Å². The number of aryl methyl sites for hydroxylation is 2. The summed E-state index contributed by atoms with van der Waals surface area (Å²) in [5, 5.41) is 0.961. The first-order valence-corrected chi connectivity index (χ1v) is 7.12. The summed E-state index contributed by atoms with van der Waals surface area (Å²) in [6.45, 7) is 1.94. The summed E-state index contributed by atoms with van der Waals surface area (Å²) in [5.74, 6) is 0.280. The first-order chi connectivity index (χ1) is 8.75. The molecule has 0 saturated heterocycles. The maximum atomic E-state index is 12.5. The van der Waals surface area contributed by atoms with Crippen molar-refractivity contribution >= 4 is 17.1 Å². The first kappa shape index (κ1) is 11.6. The van der Waals surface area contributed by atoms with Crippen LogP contribution < -0.4 is 0 Å². The smallest absolute Gasteiger partial charge is 0.181 e. The maximum absolute atomic E-state index is 12.5. The second-order valence-electron chi connectivity index (χ2n) is 4.75. The number of nitrogens with zero attached hydrogens (tertiary/aromatic N) is 1. The van der Waals surface area contributed by atoms with Crippen LogP contribution >= 0.6 is 11.3 Å². The van der Waals surface area contributed by atoms with Crippen molar-refractivity contribution in [2.24, 2.45) is 0 Å². The third-order valence-corrected chi connectivity index (χ3v) is 4.48. The van der Waals surface area contributed by atoms with Gasteiger partial charge in [0.25, 0.3) is 0 Å². The molecule has 0 radical (unpaired) electrons. The Bertz CT molecular complexity index is 588. The molecule has 0 N–H and O–H groups in total. The molecule has 0 bridgehead atoms. The van der Waals surface area contributed by atoms with E-state index in [0.29, 0.717) is 0 Å². The predicted octanol–water partition coefficient (Wildman–Crippen LogP) is 3.75. The number of fused-ring (bicyclic) bond motifs is 1. The number of benzene rings is 1. The Balaban J connectivity index is 1.96. The number of thiazole rings is 1. The van der Waals surface area contributed by atoms with Crippen LogP contribution in [-0.4, -0.2) is 10.8 Å². The molecule has 1 aliphatic carbocycles. The number of rotatable bonds is 2. The van der Waals surface area contributed by atoms with Gasteiger partial charge in [-0.2, -0.15) is 0 Å². The highest BCUT2D eigenvalue weighted by Gasteiger charge is 2.27. The number of hydrogen-bond donors (Lipinski definition) is 0. The summed E-state index contributed by atoms with van der Waals surface area (Å²) in [5.41, 5.74) is 2.56. The molecule has 0 amide bonds. The van der Waals surface area contributed by atoms with Crippen LogP contribution in [0.4, 0.5) is 0 Å². The topological polar surface area (TPSA) is 30.0 Å². The highest BCUT2D eigenvalue weighted by atomic mass is 32.1. The lowest BCUT2D eigenvalue weighted by molar-refractivity contribution is 0.0955. The molecular weight excluding hydrogens is 242 g/mol. The van der Waals surface area contributed by atoms with Crippen molar-refractivity contribution in [2.45, 2.75) is 32.1 Å². The van der Waals surface area contributed by atoms with Crippen molar-refractivity contribution in [2.75, 3.05) is 0 Å². The van der Waals surface area contributed by atoms with Crippen LogP contribution in [0.5, 0.6) is 0 Å². The second kappa shape index (κ2) is 4.65. The van der Waals surface area contributed by atoms with E-state index in [9.17, 15) is 4.79 Å². The van der Waals surface area contributed by atoms with E-state index in [1.807, 2.05) is 13.0 Å². The van der Waals surface area contributed by atoms with Gasteiger partial charge in [-0.3, -0.25) is 4.79 Å². The summed E-state index contributed by atoms with van der Waals surface area (Å²) in [6, 6.07) is 8.34. The van der Waals surface area contributed by atoms with Gasteiger partial charge in [-0.1, -0.05) is 24.3 Å². The molecule has 0 saturated carbocycles. The van der Waals surface area contributed by atoms with Crippen LogP contribution in [0.3, 0.4) is 0 Å². The van der Waals surface area contributed by atoms with Crippen molar-refractivity contribution < 1.29 is 4.79 Å². The molecule has 92 valence electrons. The molecule has 1 heterocycles. The zero-order valence-corrected chi connectivity index (χ0v) is 11.2.